The van der Waals surface area contributed by atoms with Crippen molar-refractivity contribution in [3.05, 3.63) is 11.1 Å². The van der Waals surface area contributed by atoms with Crippen molar-refractivity contribution < 1.29 is 71.3 Å². The Kier molecular flexibility index (Phi) is 10.5. The molecular formula is C14H15ClN5NaO9S2. The molecule has 18 heteroatoms. The minimum absolute atomic E-state index is 0. The summed E-state index contributed by atoms with van der Waals surface area (Å²) in [6, 6.07) is -2.94. The number of oxime groups is 1. The van der Waals surface area contributed by atoms with Gasteiger partial charge in [-0.05, 0) is 0 Å². The van der Waals surface area contributed by atoms with Crippen molar-refractivity contribution in [2.75, 3.05) is 24.9 Å². The standard InChI is InChI=1S/C14H16ClN5O9S2.Na/c1-6(21)29-4-8-11(13(24)20(8)31(25,26)27)18-12(23)10(19-28-2)7-5-30-14(16-7)17-9(22)3-15;/h5,8,11H,3-4H2,1-2H3,(H,18,23)(H,16,17,22)(H,25,26,27);/q;+1/p-1/b19-10-;/t8-,11+;/m0./s1. The number of hydrogen-bond acceptors (Lipinski definition) is 12. The van der Waals surface area contributed by atoms with Gasteiger partial charge in [0, 0.05) is 12.3 Å². The molecule has 2 N–H and O–H groups in total. The molecule has 32 heavy (non-hydrogen) atoms. The second-order valence-electron chi connectivity index (χ2n) is 5.76. The third kappa shape index (κ3) is 6.84. The molecule has 0 aliphatic carbocycles. The molecule has 2 heterocycles. The first-order chi connectivity index (χ1) is 14.5. The van der Waals surface area contributed by atoms with Crippen LogP contribution in [0.3, 0.4) is 0 Å². The van der Waals surface area contributed by atoms with E-state index in [1.54, 1.807) is 0 Å². The van der Waals surface area contributed by atoms with Crippen LogP contribution in [-0.4, -0.2) is 83.3 Å². The summed E-state index contributed by atoms with van der Waals surface area (Å²) in [7, 11) is -4.06. The number of halogens is 1. The van der Waals surface area contributed by atoms with E-state index in [9.17, 15) is 32.1 Å². The summed E-state index contributed by atoms with van der Waals surface area (Å²) in [6.07, 6.45) is 0. The topological polar surface area (TPSA) is 196 Å². The summed E-state index contributed by atoms with van der Waals surface area (Å²) >= 11 is 6.34. The van der Waals surface area contributed by atoms with Crippen LogP contribution in [0.25, 0.3) is 0 Å². The third-order valence-corrected chi connectivity index (χ3v) is 5.60. The number of nitrogens with one attached hydrogen (secondary N) is 2. The maximum Gasteiger partial charge on any atom is 1.00 e. The van der Waals surface area contributed by atoms with Crippen molar-refractivity contribution in [2.45, 2.75) is 19.0 Å². The fourth-order valence-corrected chi connectivity index (χ4v) is 4.04. The van der Waals surface area contributed by atoms with Crippen LogP contribution >= 0.6 is 22.9 Å². The van der Waals surface area contributed by atoms with E-state index in [1.165, 1.54) is 5.38 Å². The van der Waals surface area contributed by atoms with Crippen molar-refractivity contribution in [3.8, 4) is 0 Å². The summed E-state index contributed by atoms with van der Waals surface area (Å²) in [6.45, 7) is 0.395. The second-order valence-corrected chi connectivity index (χ2v) is 8.13. The first-order valence-electron chi connectivity index (χ1n) is 8.15. The van der Waals surface area contributed by atoms with Crippen LogP contribution in [0.1, 0.15) is 12.6 Å². The fraction of sp³-hybridized carbons (Fsp3) is 0.429. The number of thiazole rings is 1. The van der Waals surface area contributed by atoms with E-state index in [2.05, 4.69) is 30.3 Å². The molecule has 0 unspecified atom stereocenters. The van der Waals surface area contributed by atoms with Gasteiger partial charge in [-0.2, -0.15) is 0 Å². The first-order valence-corrected chi connectivity index (χ1v) is 10.9. The number of β-lactam (4-membered cyclic amide) rings is 1. The minimum atomic E-state index is -5.20. The van der Waals surface area contributed by atoms with Crippen LogP contribution in [0, 0.1) is 0 Å². The van der Waals surface area contributed by atoms with Gasteiger partial charge in [0.2, 0.25) is 5.91 Å². The van der Waals surface area contributed by atoms with E-state index in [-0.39, 0.29) is 50.6 Å². The van der Waals surface area contributed by atoms with E-state index in [0.717, 1.165) is 25.4 Å². The molecule has 0 aromatic carbocycles. The Hall–Kier alpha value is -1.82. The number of carbonyl (C=O) groups is 4. The summed E-state index contributed by atoms with van der Waals surface area (Å²) in [4.78, 5) is 55.7. The summed E-state index contributed by atoms with van der Waals surface area (Å²) < 4.78 is 38.5. The first kappa shape index (κ1) is 28.2. The molecule has 0 radical (unpaired) electrons. The second kappa shape index (κ2) is 11.9. The number of aromatic nitrogens is 1. The van der Waals surface area contributed by atoms with Crippen molar-refractivity contribution >= 4 is 67.8 Å². The van der Waals surface area contributed by atoms with Gasteiger partial charge in [-0.25, -0.2) is 17.7 Å². The van der Waals surface area contributed by atoms with Gasteiger partial charge in [0.1, 0.15) is 37.4 Å². The molecule has 14 nitrogen and oxygen atoms in total. The molecule has 2 rings (SSSR count). The van der Waals surface area contributed by atoms with Gasteiger partial charge >= 0.3 is 35.5 Å². The van der Waals surface area contributed by atoms with E-state index in [0.29, 0.717) is 0 Å². The molecule has 2 atom stereocenters. The number of rotatable bonds is 9. The average Bonchev–Trinajstić information content (AvgIpc) is 3.13. The molecule has 1 aromatic heterocycles. The van der Waals surface area contributed by atoms with E-state index < -0.39 is 58.4 Å². The van der Waals surface area contributed by atoms with Crippen molar-refractivity contribution in [1.29, 1.82) is 0 Å². The number of carbonyl (C=O) groups excluding carboxylic acids is 4. The van der Waals surface area contributed by atoms with Crippen LogP contribution < -0.4 is 40.2 Å². The van der Waals surface area contributed by atoms with Gasteiger partial charge in [0.15, 0.2) is 21.1 Å². The van der Waals surface area contributed by atoms with E-state index >= 15 is 0 Å². The molecule has 0 spiro atoms. The number of alkyl halides is 1. The number of nitrogens with zero attached hydrogens (tertiary/aromatic N) is 3. The molecule has 0 saturated carbocycles. The molecular weight excluding hydrogens is 505 g/mol. The summed E-state index contributed by atoms with van der Waals surface area (Å²) in [5.74, 6) is -3.86. The molecule has 1 fully saturated rings. The summed E-state index contributed by atoms with van der Waals surface area (Å²) in [5.41, 5.74) is -0.446. The third-order valence-electron chi connectivity index (χ3n) is 3.67. The molecule has 1 aliphatic rings. The zero-order chi connectivity index (χ0) is 23.3. The van der Waals surface area contributed by atoms with Gasteiger partial charge in [-0.1, -0.05) is 5.16 Å². The minimum Gasteiger partial charge on any atom is -0.731 e. The molecule has 3 amide bonds. The molecule has 1 aliphatic heterocycles. The fourth-order valence-electron chi connectivity index (χ4n) is 2.42. The largest absolute Gasteiger partial charge is 1.00 e. The van der Waals surface area contributed by atoms with Crippen LogP contribution in [0.15, 0.2) is 10.5 Å². The average molecular weight is 520 g/mol. The predicted octanol–water partition coefficient (Wildman–Crippen LogP) is -4.61. The Labute approximate surface area is 212 Å². The monoisotopic (exact) mass is 519 g/mol. The number of amides is 3. The molecule has 170 valence electrons. The molecule has 0 bridgehead atoms. The normalized spacial score (nSPS) is 18.2. The smallest absolute Gasteiger partial charge is 0.731 e. The quantitative estimate of drug-likeness (QED) is 0.0609. The van der Waals surface area contributed by atoms with Gasteiger partial charge in [0.05, 0.1) is 0 Å². The number of ether oxygens (including phenoxy) is 1. The van der Waals surface area contributed by atoms with Crippen LogP contribution in [0.4, 0.5) is 5.13 Å². The Morgan fingerprint density at radius 3 is 2.59 bits per heavy atom. The van der Waals surface area contributed by atoms with E-state index in [1.807, 2.05) is 0 Å². The number of hydrogen-bond donors (Lipinski definition) is 2. The summed E-state index contributed by atoms with van der Waals surface area (Å²) in [5, 5.41) is 9.57. The van der Waals surface area contributed by atoms with Gasteiger partial charge in [-0.15, -0.1) is 22.9 Å². The SMILES string of the molecule is CO/N=C(\C(=O)N[C@H]1C(=O)N(S(=O)(=O)[O-])[C@H]1COC(C)=O)c1csc(NC(=O)CCl)n1.[Na+]. The maximum atomic E-state index is 12.6. The Morgan fingerprint density at radius 2 is 2.06 bits per heavy atom. The number of esters is 1. The van der Waals surface area contributed by atoms with Gasteiger partial charge in [-0.3, -0.25) is 19.2 Å². The van der Waals surface area contributed by atoms with E-state index in [4.69, 9.17) is 11.6 Å². The van der Waals surface area contributed by atoms with Crippen LogP contribution in [0.5, 0.6) is 0 Å². The Morgan fingerprint density at radius 1 is 1.41 bits per heavy atom. The number of anilines is 1. The van der Waals surface area contributed by atoms with Crippen molar-refractivity contribution in [3.63, 3.8) is 0 Å². The van der Waals surface area contributed by atoms with Crippen LogP contribution in [-0.2, 0) is 39.1 Å². The van der Waals surface area contributed by atoms with Gasteiger partial charge < -0.3 is 24.8 Å². The zero-order valence-corrected chi connectivity index (χ0v) is 21.2. The van der Waals surface area contributed by atoms with Crippen molar-refractivity contribution in [1.82, 2.24) is 14.6 Å². The molecule has 1 aromatic rings. The predicted molar refractivity (Wildman–Crippen MR) is 104 cm³/mol. The molecule has 1 saturated heterocycles. The van der Waals surface area contributed by atoms with Gasteiger partial charge in [0.25, 0.3) is 11.8 Å². The Bertz CT molecular complexity index is 1030. The zero-order valence-electron chi connectivity index (χ0n) is 16.9. The van der Waals surface area contributed by atoms with Crippen LogP contribution in [0.2, 0.25) is 0 Å². The van der Waals surface area contributed by atoms with Crippen molar-refractivity contribution in [2.24, 2.45) is 5.16 Å². The maximum absolute atomic E-state index is 12.6. The Balaban J connectivity index is 0.00000512.